The SMILES string of the molecule is CCOC(=O)CC1(c2ccc([N+](=O)[O-])cc2)CN(C(=O)O)C1. The molecule has 1 aromatic carbocycles. The highest BCUT2D eigenvalue weighted by atomic mass is 16.6. The van der Waals surface area contributed by atoms with Crippen LogP contribution < -0.4 is 0 Å². The van der Waals surface area contributed by atoms with Crippen molar-refractivity contribution in [2.45, 2.75) is 18.8 Å². The lowest BCUT2D eigenvalue weighted by atomic mass is 9.71. The van der Waals surface area contributed by atoms with Gasteiger partial charge in [0.25, 0.3) is 5.69 Å². The molecule has 1 aromatic rings. The highest BCUT2D eigenvalue weighted by Crippen LogP contribution is 2.38. The molecule has 1 N–H and O–H groups in total. The van der Waals surface area contributed by atoms with Gasteiger partial charge >= 0.3 is 12.1 Å². The number of nitro groups is 1. The van der Waals surface area contributed by atoms with Crippen molar-refractivity contribution in [1.29, 1.82) is 0 Å². The van der Waals surface area contributed by atoms with Gasteiger partial charge in [0.05, 0.1) is 18.0 Å². The number of benzene rings is 1. The standard InChI is InChI=1S/C14H16N2O6/c1-2-22-12(17)7-14(8-15(9-14)13(18)19)10-3-5-11(6-4-10)16(20)21/h3-6H,2,7-9H2,1H3,(H,18,19). The Balaban J connectivity index is 2.23. The van der Waals surface area contributed by atoms with Gasteiger partial charge in [-0.1, -0.05) is 12.1 Å². The number of non-ortho nitro benzene ring substituents is 1. The summed E-state index contributed by atoms with van der Waals surface area (Å²) in [6, 6.07) is 5.84. The zero-order valence-electron chi connectivity index (χ0n) is 12.0. The first-order valence-electron chi connectivity index (χ1n) is 6.76. The number of rotatable bonds is 5. The third-order valence-electron chi connectivity index (χ3n) is 3.74. The average Bonchev–Trinajstić information content (AvgIpc) is 2.42. The number of esters is 1. The zero-order valence-corrected chi connectivity index (χ0v) is 12.0. The number of carbonyl (C=O) groups excluding carboxylic acids is 1. The third-order valence-corrected chi connectivity index (χ3v) is 3.74. The fourth-order valence-corrected chi connectivity index (χ4v) is 2.64. The highest BCUT2D eigenvalue weighted by Gasteiger charge is 2.48. The number of amides is 1. The van der Waals surface area contributed by atoms with Gasteiger partial charge in [0.15, 0.2) is 0 Å². The summed E-state index contributed by atoms with van der Waals surface area (Å²) in [5.41, 5.74) is -0.0344. The number of ether oxygens (including phenoxy) is 1. The molecule has 1 fully saturated rings. The molecule has 0 saturated carbocycles. The van der Waals surface area contributed by atoms with Crippen molar-refractivity contribution in [3.8, 4) is 0 Å². The zero-order chi connectivity index (χ0) is 16.3. The lowest BCUT2D eigenvalue weighted by molar-refractivity contribution is -0.384. The normalized spacial score (nSPS) is 15.8. The highest BCUT2D eigenvalue weighted by molar-refractivity contribution is 5.74. The van der Waals surface area contributed by atoms with E-state index >= 15 is 0 Å². The number of hydrogen-bond donors (Lipinski definition) is 1. The van der Waals surface area contributed by atoms with E-state index in [2.05, 4.69) is 0 Å². The van der Waals surface area contributed by atoms with Gasteiger partial charge in [-0.2, -0.15) is 0 Å². The summed E-state index contributed by atoms with van der Waals surface area (Å²) in [6.45, 7) is 2.27. The summed E-state index contributed by atoms with van der Waals surface area (Å²) in [4.78, 5) is 34.1. The number of nitro benzene ring substituents is 1. The topological polar surface area (TPSA) is 110 Å². The first-order chi connectivity index (χ1) is 10.4. The van der Waals surface area contributed by atoms with Crippen LogP contribution in [-0.4, -0.2) is 46.7 Å². The van der Waals surface area contributed by atoms with E-state index in [4.69, 9.17) is 9.84 Å². The van der Waals surface area contributed by atoms with Crippen LogP contribution in [0.3, 0.4) is 0 Å². The van der Waals surface area contributed by atoms with Crippen LogP contribution in [0.2, 0.25) is 0 Å². The summed E-state index contributed by atoms with van der Waals surface area (Å²) in [5.74, 6) is -0.411. The number of carbonyl (C=O) groups is 2. The third kappa shape index (κ3) is 3.00. The number of carboxylic acid groups (broad SMARTS) is 1. The Morgan fingerprint density at radius 1 is 1.36 bits per heavy atom. The molecular formula is C14H16N2O6. The molecule has 0 bridgehead atoms. The van der Waals surface area contributed by atoms with E-state index in [1.54, 1.807) is 19.1 Å². The van der Waals surface area contributed by atoms with Gasteiger partial charge in [0.1, 0.15) is 0 Å². The van der Waals surface area contributed by atoms with Gasteiger partial charge < -0.3 is 14.7 Å². The largest absolute Gasteiger partial charge is 0.466 e. The number of likely N-dealkylation sites (tertiary alicyclic amines) is 1. The Bertz CT molecular complexity index is 592. The molecule has 0 atom stereocenters. The van der Waals surface area contributed by atoms with Gasteiger partial charge in [0, 0.05) is 30.6 Å². The van der Waals surface area contributed by atoms with Crippen LogP contribution >= 0.6 is 0 Å². The van der Waals surface area contributed by atoms with E-state index in [0.29, 0.717) is 5.56 Å². The number of nitrogens with zero attached hydrogens (tertiary/aromatic N) is 2. The van der Waals surface area contributed by atoms with Gasteiger partial charge in [0.2, 0.25) is 0 Å². The Hall–Kier alpha value is -2.64. The minimum Gasteiger partial charge on any atom is -0.466 e. The second kappa shape index (κ2) is 6.00. The molecule has 1 amide bonds. The lowest BCUT2D eigenvalue weighted by Gasteiger charge is -2.48. The van der Waals surface area contributed by atoms with Gasteiger partial charge in [-0.3, -0.25) is 14.9 Å². The molecule has 8 nitrogen and oxygen atoms in total. The van der Waals surface area contributed by atoms with Crippen molar-refractivity contribution in [2.75, 3.05) is 19.7 Å². The molecule has 1 heterocycles. The van der Waals surface area contributed by atoms with Crippen LogP contribution in [0.1, 0.15) is 18.9 Å². The van der Waals surface area contributed by atoms with E-state index in [9.17, 15) is 19.7 Å². The quantitative estimate of drug-likeness (QED) is 0.504. The predicted octanol–water partition coefficient (Wildman–Crippen LogP) is 1.78. The van der Waals surface area contributed by atoms with Crippen molar-refractivity contribution in [2.24, 2.45) is 0 Å². The molecular weight excluding hydrogens is 292 g/mol. The van der Waals surface area contributed by atoms with E-state index in [1.165, 1.54) is 17.0 Å². The molecule has 1 saturated heterocycles. The second-order valence-electron chi connectivity index (χ2n) is 5.20. The monoisotopic (exact) mass is 308 g/mol. The summed E-state index contributed by atoms with van der Waals surface area (Å²) >= 11 is 0. The molecule has 118 valence electrons. The smallest absolute Gasteiger partial charge is 0.407 e. The summed E-state index contributed by atoms with van der Waals surface area (Å²) in [6.07, 6.45) is -1.01. The first kappa shape index (κ1) is 15.7. The minimum absolute atomic E-state index is 0.0441. The van der Waals surface area contributed by atoms with Gasteiger partial charge in [-0.05, 0) is 12.5 Å². The van der Waals surface area contributed by atoms with Gasteiger partial charge in [-0.25, -0.2) is 4.79 Å². The van der Waals surface area contributed by atoms with Gasteiger partial charge in [-0.15, -0.1) is 0 Å². The first-order valence-corrected chi connectivity index (χ1v) is 6.76. The molecule has 1 aliphatic heterocycles. The van der Waals surface area contributed by atoms with E-state index in [1.807, 2.05) is 0 Å². The van der Waals surface area contributed by atoms with Crippen LogP contribution in [0.4, 0.5) is 10.5 Å². The van der Waals surface area contributed by atoms with Crippen LogP contribution in [0.25, 0.3) is 0 Å². The van der Waals surface area contributed by atoms with Crippen LogP contribution in [0.5, 0.6) is 0 Å². The maximum absolute atomic E-state index is 11.8. The summed E-state index contributed by atoms with van der Waals surface area (Å²) < 4.78 is 4.94. The van der Waals surface area contributed by atoms with E-state index in [-0.39, 0.29) is 31.8 Å². The van der Waals surface area contributed by atoms with Crippen molar-refractivity contribution >= 4 is 17.7 Å². The summed E-state index contributed by atoms with van der Waals surface area (Å²) in [7, 11) is 0. The Morgan fingerprint density at radius 3 is 2.41 bits per heavy atom. The molecule has 0 aliphatic carbocycles. The maximum Gasteiger partial charge on any atom is 0.407 e. The number of hydrogen-bond acceptors (Lipinski definition) is 5. The van der Waals surface area contributed by atoms with Crippen LogP contribution in [0, 0.1) is 10.1 Å². The Kier molecular flexibility index (Phi) is 4.30. The molecule has 2 rings (SSSR count). The van der Waals surface area contributed by atoms with Crippen molar-refractivity contribution < 1.29 is 24.4 Å². The predicted molar refractivity (Wildman–Crippen MR) is 75.6 cm³/mol. The van der Waals surface area contributed by atoms with E-state index < -0.39 is 22.4 Å². The summed E-state index contributed by atoms with van der Waals surface area (Å²) in [5, 5.41) is 19.7. The van der Waals surface area contributed by atoms with Crippen molar-refractivity contribution in [3.63, 3.8) is 0 Å². The van der Waals surface area contributed by atoms with E-state index in [0.717, 1.165) is 0 Å². The fraction of sp³-hybridized carbons (Fsp3) is 0.429. The molecule has 0 spiro atoms. The van der Waals surface area contributed by atoms with Crippen molar-refractivity contribution in [1.82, 2.24) is 4.90 Å². The fourth-order valence-electron chi connectivity index (χ4n) is 2.64. The van der Waals surface area contributed by atoms with Crippen molar-refractivity contribution in [3.05, 3.63) is 39.9 Å². The molecule has 0 radical (unpaired) electrons. The second-order valence-corrected chi connectivity index (χ2v) is 5.20. The molecule has 8 heteroatoms. The molecule has 22 heavy (non-hydrogen) atoms. The average molecular weight is 308 g/mol. The molecule has 1 aliphatic rings. The Labute approximate surface area is 126 Å². The Morgan fingerprint density at radius 2 is 1.95 bits per heavy atom. The maximum atomic E-state index is 11.8. The molecule has 0 unspecified atom stereocenters. The minimum atomic E-state index is -1.05. The van der Waals surface area contributed by atoms with Crippen LogP contribution in [-0.2, 0) is 14.9 Å². The lowest BCUT2D eigenvalue weighted by Crippen LogP contribution is -2.61. The van der Waals surface area contributed by atoms with Crippen LogP contribution in [0.15, 0.2) is 24.3 Å². The molecule has 0 aromatic heterocycles.